The number of aryl methyl sites for hydroxylation is 1. The van der Waals surface area contributed by atoms with Gasteiger partial charge in [-0.25, -0.2) is 17.5 Å². The van der Waals surface area contributed by atoms with Crippen LogP contribution in [0.4, 0.5) is 10.1 Å². The molecular weight excluding hydrogens is 663 g/mol. The van der Waals surface area contributed by atoms with Gasteiger partial charge in [-0.1, -0.05) is 36.7 Å². The molecule has 2 aliphatic heterocycles. The number of allylic oxidation sites excluding steroid dienone is 1. The molecule has 2 heterocycles. The largest absolute Gasteiger partial charge is 0.490 e. The lowest BCUT2D eigenvalue weighted by molar-refractivity contribution is -0.0374. The van der Waals surface area contributed by atoms with Crippen LogP contribution in [0.5, 0.6) is 5.75 Å². The van der Waals surface area contributed by atoms with Crippen molar-refractivity contribution in [1.29, 1.82) is 0 Å². The molecule has 0 radical (unpaired) electrons. The van der Waals surface area contributed by atoms with E-state index in [-0.39, 0.29) is 17.4 Å². The van der Waals surface area contributed by atoms with Crippen LogP contribution in [0.2, 0.25) is 5.02 Å². The summed E-state index contributed by atoms with van der Waals surface area (Å²) in [5.41, 5.74) is 2.32. The molecule has 0 aromatic heterocycles. The van der Waals surface area contributed by atoms with Crippen molar-refractivity contribution in [3.63, 3.8) is 0 Å². The lowest BCUT2D eigenvalue weighted by atomic mass is 9.68. The van der Waals surface area contributed by atoms with Crippen molar-refractivity contribution in [3.8, 4) is 5.75 Å². The third-order valence-electron chi connectivity index (χ3n) is 12.3. The molecule has 2 fully saturated rings. The summed E-state index contributed by atoms with van der Waals surface area (Å²) in [4.78, 5) is 15.9. The molecule has 2 aromatic rings. The van der Waals surface area contributed by atoms with Gasteiger partial charge in [0, 0.05) is 35.7 Å². The molecule has 1 N–H and O–H groups in total. The summed E-state index contributed by atoms with van der Waals surface area (Å²) in [6.07, 6.45) is 11.7. The Morgan fingerprint density at radius 2 is 1.96 bits per heavy atom. The fraction of sp³-hybridized carbons (Fsp3) is 0.615. The minimum atomic E-state index is -3.94. The van der Waals surface area contributed by atoms with E-state index in [0.29, 0.717) is 68.1 Å². The van der Waals surface area contributed by atoms with Crippen LogP contribution in [0, 0.1) is 23.7 Å². The zero-order chi connectivity index (χ0) is 34.6. The van der Waals surface area contributed by atoms with Gasteiger partial charge in [0.05, 0.1) is 23.6 Å². The first-order chi connectivity index (χ1) is 23.3. The van der Waals surface area contributed by atoms with Gasteiger partial charge < -0.3 is 14.4 Å². The molecule has 5 aliphatic rings. The second-order valence-corrected chi connectivity index (χ2v) is 18.4. The van der Waals surface area contributed by atoms with Crippen LogP contribution >= 0.6 is 11.6 Å². The normalized spacial score (nSPS) is 36.2. The third-order valence-corrected chi connectivity index (χ3v) is 14.4. The molecule has 10 heteroatoms. The minimum Gasteiger partial charge on any atom is -0.490 e. The topological polar surface area (TPSA) is 84.9 Å². The van der Waals surface area contributed by atoms with Crippen LogP contribution in [0.25, 0.3) is 0 Å². The molecule has 0 saturated heterocycles. The van der Waals surface area contributed by atoms with E-state index in [1.54, 1.807) is 19.9 Å². The Kier molecular flexibility index (Phi) is 9.59. The number of halogens is 2. The maximum atomic E-state index is 14.2. The summed E-state index contributed by atoms with van der Waals surface area (Å²) in [7, 11) is -3.94. The SMILES string of the molecule is C[C@@H]1[C@@H](C)C/C=C/[C@H](OCCC2CC(C)(F)C2)[C@@H]2CC[C@H]2CN2C[C@@]3(CCCc4cc(Cl)ccc43)COc3ccc(cc32)C(=O)NS1(=O)=O. The first-order valence-electron chi connectivity index (χ1n) is 18.2. The summed E-state index contributed by atoms with van der Waals surface area (Å²) in [5, 5.41) is -0.0424. The smallest absolute Gasteiger partial charge is 0.264 e. The molecule has 7 rings (SSSR count). The van der Waals surface area contributed by atoms with Crippen molar-refractivity contribution >= 4 is 33.2 Å². The number of hydrogen-bond acceptors (Lipinski definition) is 6. The van der Waals surface area contributed by atoms with Crippen LogP contribution in [0.1, 0.15) is 93.6 Å². The zero-order valence-corrected chi connectivity index (χ0v) is 30.5. The Labute approximate surface area is 296 Å². The van der Waals surface area contributed by atoms with Gasteiger partial charge in [-0.3, -0.25) is 4.79 Å². The number of anilines is 1. The highest BCUT2D eigenvalue weighted by molar-refractivity contribution is 7.90. The maximum absolute atomic E-state index is 14.2. The first kappa shape index (κ1) is 34.8. The van der Waals surface area contributed by atoms with Crippen LogP contribution in [0.3, 0.4) is 0 Å². The van der Waals surface area contributed by atoms with E-state index in [9.17, 15) is 17.6 Å². The van der Waals surface area contributed by atoms with E-state index in [1.165, 1.54) is 11.1 Å². The number of amides is 1. The lowest BCUT2D eigenvalue weighted by Gasteiger charge is -2.46. The summed E-state index contributed by atoms with van der Waals surface area (Å²) in [5.74, 6) is 0.854. The second kappa shape index (κ2) is 13.5. The molecule has 7 nitrogen and oxygen atoms in total. The molecule has 2 saturated carbocycles. The van der Waals surface area contributed by atoms with Crippen molar-refractivity contribution in [2.75, 3.05) is 31.2 Å². The number of nitrogens with zero attached hydrogens (tertiary/aromatic N) is 1. The molecule has 1 amide bonds. The number of ether oxygens (including phenoxy) is 2. The average Bonchev–Trinajstić information content (AvgIpc) is 3.17. The van der Waals surface area contributed by atoms with E-state index in [2.05, 4.69) is 33.9 Å². The molecule has 49 heavy (non-hydrogen) atoms. The summed E-state index contributed by atoms with van der Waals surface area (Å²) in [6.45, 7) is 7.80. The Morgan fingerprint density at radius 1 is 1.14 bits per heavy atom. The number of alkyl halides is 1. The minimum absolute atomic E-state index is 0.108. The van der Waals surface area contributed by atoms with Crippen molar-refractivity contribution in [3.05, 3.63) is 70.3 Å². The number of carbonyl (C=O) groups is 1. The molecule has 6 atom stereocenters. The summed E-state index contributed by atoms with van der Waals surface area (Å²) < 4.78 is 56.6. The number of hydrogen-bond donors (Lipinski definition) is 1. The Balaban J connectivity index is 1.23. The molecule has 2 aromatic carbocycles. The second-order valence-electron chi connectivity index (χ2n) is 15.9. The van der Waals surface area contributed by atoms with Gasteiger partial charge in [0.1, 0.15) is 11.4 Å². The van der Waals surface area contributed by atoms with E-state index in [4.69, 9.17) is 21.1 Å². The fourth-order valence-corrected chi connectivity index (χ4v) is 10.5. The lowest BCUT2D eigenvalue weighted by Crippen LogP contribution is -2.49. The van der Waals surface area contributed by atoms with E-state index < -0.39 is 26.8 Å². The molecule has 2 bridgehead atoms. The molecule has 266 valence electrons. The number of nitrogens with one attached hydrogen (secondary N) is 1. The van der Waals surface area contributed by atoms with Crippen molar-refractivity contribution in [1.82, 2.24) is 4.72 Å². The summed E-state index contributed by atoms with van der Waals surface area (Å²) >= 11 is 6.45. The van der Waals surface area contributed by atoms with Gasteiger partial charge in [-0.15, -0.1) is 0 Å². The molecule has 1 spiro atoms. The fourth-order valence-electron chi connectivity index (χ4n) is 9.04. The maximum Gasteiger partial charge on any atom is 0.264 e. The Morgan fingerprint density at radius 3 is 2.71 bits per heavy atom. The van der Waals surface area contributed by atoms with Gasteiger partial charge in [0.2, 0.25) is 10.0 Å². The van der Waals surface area contributed by atoms with Crippen molar-refractivity contribution in [2.24, 2.45) is 23.7 Å². The van der Waals surface area contributed by atoms with Crippen molar-refractivity contribution in [2.45, 2.75) is 101 Å². The number of sulfonamides is 1. The third kappa shape index (κ3) is 7.14. The highest BCUT2D eigenvalue weighted by atomic mass is 35.5. The van der Waals surface area contributed by atoms with Gasteiger partial charge >= 0.3 is 0 Å². The van der Waals surface area contributed by atoms with Crippen LogP contribution in [0.15, 0.2) is 48.6 Å². The predicted molar refractivity (Wildman–Crippen MR) is 192 cm³/mol. The quantitative estimate of drug-likeness (QED) is 0.326. The predicted octanol–water partition coefficient (Wildman–Crippen LogP) is 7.80. The Hall–Kier alpha value is -2.62. The van der Waals surface area contributed by atoms with E-state index in [1.807, 2.05) is 25.1 Å². The number of fused-ring (bicyclic) bond motifs is 4. The molecular formula is C39H50ClFN2O5S. The van der Waals surface area contributed by atoms with Gasteiger partial charge in [-0.2, -0.15) is 0 Å². The monoisotopic (exact) mass is 712 g/mol. The highest BCUT2D eigenvalue weighted by Gasteiger charge is 2.45. The van der Waals surface area contributed by atoms with Crippen LogP contribution in [-0.4, -0.2) is 57.7 Å². The van der Waals surface area contributed by atoms with Crippen molar-refractivity contribution < 1.29 is 27.1 Å². The average molecular weight is 713 g/mol. The molecule has 0 unspecified atom stereocenters. The molecule has 3 aliphatic carbocycles. The van der Waals surface area contributed by atoms with E-state index in [0.717, 1.165) is 55.8 Å². The van der Waals surface area contributed by atoms with Crippen LogP contribution in [-0.2, 0) is 26.6 Å². The number of rotatable bonds is 4. The van der Waals surface area contributed by atoms with E-state index >= 15 is 0 Å². The number of benzene rings is 2. The van der Waals surface area contributed by atoms with Gasteiger partial charge in [0.15, 0.2) is 0 Å². The van der Waals surface area contributed by atoms with Gasteiger partial charge in [-0.05, 0) is 137 Å². The standard InChI is InChI=1S/C39H50ClFN2O5S/c1-25-6-4-8-35(47-17-15-27-20-38(3,41)21-27)32-12-9-30(32)22-43-23-39(16-5-7-28-18-31(40)11-13-33(28)39)24-48-36-14-10-29(19-34(36)43)37(44)42-49(45,46)26(25)2/h4,8,10-11,13-14,18-19,25-27,30,32,35H,5-7,9,12,15-17,20-24H2,1-3H3,(H,42,44)/b8-4+/t25-,26+,27?,30-,32+,35-,38?,39-/m0/s1. The number of carbonyl (C=O) groups excluding carboxylic acids is 1. The highest BCUT2D eigenvalue weighted by Crippen LogP contribution is 2.47. The zero-order valence-electron chi connectivity index (χ0n) is 28.9. The Bertz CT molecular complexity index is 1710. The van der Waals surface area contributed by atoms with Crippen LogP contribution < -0.4 is 14.4 Å². The summed E-state index contributed by atoms with van der Waals surface area (Å²) in [6, 6.07) is 11.5. The van der Waals surface area contributed by atoms with Gasteiger partial charge in [0.25, 0.3) is 5.91 Å². The first-order valence-corrected chi connectivity index (χ1v) is 20.1.